The molecule has 0 radical (unpaired) electrons. The van der Waals surface area contributed by atoms with Crippen molar-refractivity contribution in [1.82, 2.24) is 0 Å². The Kier molecular flexibility index (Phi) is 6.76. The van der Waals surface area contributed by atoms with E-state index in [0.29, 0.717) is 19.1 Å². The van der Waals surface area contributed by atoms with Crippen LogP contribution in [-0.2, 0) is 9.47 Å². The Balaban J connectivity index is 2.29. The third-order valence-corrected chi connectivity index (χ3v) is 5.74. The van der Waals surface area contributed by atoms with Crippen LogP contribution in [0.1, 0.15) is 79.1 Å². The molecule has 2 heteroatoms. The number of fused-ring (bicyclic) bond motifs is 1. The largest absolute Gasteiger partial charge is 0.493 e. The van der Waals surface area contributed by atoms with E-state index in [1.54, 1.807) is 0 Å². The fraction of sp³-hybridized carbons (Fsp3) is 0.810. The van der Waals surface area contributed by atoms with Gasteiger partial charge in [0.2, 0.25) is 0 Å². The van der Waals surface area contributed by atoms with Gasteiger partial charge in [-0.1, -0.05) is 64.5 Å². The van der Waals surface area contributed by atoms with Crippen molar-refractivity contribution in [2.24, 2.45) is 11.3 Å². The molecule has 2 aliphatic rings. The summed E-state index contributed by atoms with van der Waals surface area (Å²) in [6.07, 6.45) is 17.4. The molecule has 2 unspecified atom stereocenters. The molecule has 23 heavy (non-hydrogen) atoms. The second-order valence-corrected chi connectivity index (χ2v) is 7.46. The van der Waals surface area contributed by atoms with Crippen molar-refractivity contribution in [3.05, 3.63) is 24.0 Å². The predicted molar refractivity (Wildman–Crippen MR) is 97.4 cm³/mol. The summed E-state index contributed by atoms with van der Waals surface area (Å²) in [5, 5.41) is 0. The first-order valence-electron chi connectivity index (χ1n) is 9.76. The van der Waals surface area contributed by atoms with Crippen molar-refractivity contribution in [2.75, 3.05) is 13.2 Å². The molecule has 0 aromatic heterocycles. The minimum atomic E-state index is -0.261. The minimum absolute atomic E-state index is 0.214. The monoisotopic (exact) mass is 320 g/mol. The molecule has 0 bridgehead atoms. The molecule has 2 atom stereocenters. The first-order chi connectivity index (χ1) is 11.1. The van der Waals surface area contributed by atoms with Crippen LogP contribution in [0.5, 0.6) is 0 Å². The first-order valence-corrected chi connectivity index (χ1v) is 9.76. The van der Waals surface area contributed by atoms with E-state index < -0.39 is 0 Å². The van der Waals surface area contributed by atoms with Crippen LogP contribution in [-0.4, -0.2) is 18.8 Å². The van der Waals surface area contributed by atoms with Crippen LogP contribution in [0.25, 0.3) is 0 Å². The van der Waals surface area contributed by atoms with E-state index in [-0.39, 0.29) is 11.0 Å². The van der Waals surface area contributed by atoms with Crippen LogP contribution in [0.15, 0.2) is 24.0 Å². The fourth-order valence-electron chi connectivity index (χ4n) is 4.50. The molecule has 1 saturated heterocycles. The summed E-state index contributed by atoms with van der Waals surface area (Å²) in [5.41, 5.74) is -0.0472. The van der Waals surface area contributed by atoms with Crippen molar-refractivity contribution in [1.29, 1.82) is 0 Å². The van der Waals surface area contributed by atoms with Crippen LogP contribution in [0.3, 0.4) is 0 Å². The van der Waals surface area contributed by atoms with Crippen molar-refractivity contribution in [3.8, 4) is 0 Å². The van der Waals surface area contributed by atoms with E-state index in [1.807, 2.05) is 0 Å². The highest BCUT2D eigenvalue weighted by molar-refractivity contribution is 5.32. The maximum atomic E-state index is 6.28. The summed E-state index contributed by atoms with van der Waals surface area (Å²) >= 11 is 0. The van der Waals surface area contributed by atoms with E-state index >= 15 is 0 Å². The molecule has 132 valence electrons. The summed E-state index contributed by atoms with van der Waals surface area (Å²) in [6, 6.07) is 0. The zero-order valence-corrected chi connectivity index (χ0v) is 15.7. The second-order valence-electron chi connectivity index (χ2n) is 7.46. The highest BCUT2D eigenvalue weighted by atomic mass is 16.6. The molecule has 1 aliphatic carbocycles. The Morgan fingerprint density at radius 2 is 1.74 bits per heavy atom. The van der Waals surface area contributed by atoms with Gasteiger partial charge in [0.15, 0.2) is 0 Å². The molecule has 1 heterocycles. The minimum Gasteiger partial charge on any atom is -0.493 e. The molecule has 0 amide bonds. The third kappa shape index (κ3) is 3.84. The number of rotatable bonds is 9. The number of hydrogen-bond donors (Lipinski definition) is 0. The standard InChI is InChI=1S/C21H36O2/c1-5-8-10-13-21(14-11-9-6-2)17-19-20(4,18(21)12-7-3)23-16-15-22-19/h7,12,17-18H,5-6,8-11,13-16H2,1-4H3/b12-7+. The SMILES string of the molecule is C/C=C/C1C(CCCCC)(CCCCC)C=C2OCCOC21C. The summed E-state index contributed by atoms with van der Waals surface area (Å²) in [6.45, 7) is 10.4. The number of allylic oxidation sites excluding steroid dienone is 2. The van der Waals surface area contributed by atoms with E-state index in [9.17, 15) is 0 Å². The quantitative estimate of drug-likeness (QED) is 0.381. The van der Waals surface area contributed by atoms with Crippen molar-refractivity contribution < 1.29 is 9.47 Å². The van der Waals surface area contributed by atoms with Crippen LogP contribution in [0.4, 0.5) is 0 Å². The van der Waals surface area contributed by atoms with Crippen molar-refractivity contribution in [2.45, 2.75) is 84.7 Å². The van der Waals surface area contributed by atoms with E-state index in [2.05, 4.69) is 45.9 Å². The van der Waals surface area contributed by atoms with E-state index in [0.717, 1.165) is 5.76 Å². The van der Waals surface area contributed by atoms with Crippen LogP contribution in [0.2, 0.25) is 0 Å². The highest BCUT2D eigenvalue weighted by Gasteiger charge is 2.56. The number of unbranched alkanes of at least 4 members (excludes halogenated alkanes) is 4. The van der Waals surface area contributed by atoms with Crippen molar-refractivity contribution in [3.63, 3.8) is 0 Å². The molecular weight excluding hydrogens is 284 g/mol. The van der Waals surface area contributed by atoms with Crippen molar-refractivity contribution >= 4 is 0 Å². The maximum Gasteiger partial charge on any atom is 0.129 e. The smallest absolute Gasteiger partial charge is 0.129 e. The van der Waals surface area contributed by atoms with Gasteiger partial charge in [-0.15, -0.1) is 0 Å². The van der Waals surface area contributed by atoms with E-state index in [1.165, 1.54) is 51.4 Å². The normalized spacial score (nSPS) is 29.4. The lowest BCUT2D eigenvalue weighted by molar-refractivity contribution is -0.126. The van der Waals surface area contributed by atoms with Crippen LogP contribution in [0, 0.1) is 11.3 Å². The molecule has 0 aromatic rings. The Hall–Kier alpha value is -0.760. The average molecular weight is 321 g/mol. The Bertz CT molecular complexity index is 414. The van der Waals surface area contributed by atoms with Gasteiger partial charge in [-0.2, -0.15) is 0 Å². The molecule has 1 fully saturated rings. The molecule has 0 saturated carbocycles. The van der Waals surface area contributed by atoms with Gasteiger partial charge in [0.25, 0.3) is 0 Å². The zero-order chi connectivity index (χ0) is 16.8. The third-order valence-electron chi connectivity index (χ3n) is 5.74. The predicted octanol–water partition coefficient (Wildman–Crippen LogP) is 6.03. The van der Waals surface area contributed by atoms with Crippen LogP contribution < -0.4 is 0 Å². The van der Waals surface area contributed by atoms with Gasteiger partial charge in [-0.3, -0.25) is 0 Å². The van der Waals surface area contributed by atoms with Crippen LogP contribution >= 0.6 is 0 Å². The van der Waals surface area contributed by atoms with Gasteiger partial charge in [-0.05, 0) is 32.8 Å². The van der Waals surface area contributed by atoms with Gasteiger partial charge >= 0.3 is 0 Å². The van der Waals surface area contributed by atoms with Gasteiger partial charge in [0.1, 0.15) is 18.0 Å². The molecule has 0 aromatic carbocycles. The molecule has 1 aliphatic heterocycles. The van der Waals surface area contributed by atoms with Gasteiger partial charge < -0.3 is 9.47 Å². The zero-order valence-electron chi connectivity index (χ0n) is 15.7. The van der Waals surface area contributed by atoms with E-state index in [4.69, 9.17) is 9.47 Å². The summed E-state index contributed by atoms with van der Waals surface area (Å²) in [7, 11) is 0. The topological polar surface area (TPSA) is 18.5 Å². The molecule has 0 spiro atoms. The number of hydrogen-bond acceptors (Lipinski definition) is 2. The summed E-state index contributed by atoms with van der Waals surface area (Å²) < 4.78 is 12.3. The lowest BCUT2D eigenvalue weighted by Crippen LogP contribution is -2.45. The first kappa shape index (κ1) is 18.6. The summed E-state index contributed by atoms with van der Waals surface area (Å²) in [5.74, 6) is 1.50. The van der Waals surface area contributed by atoms with Gasteiger partial charge in [0, 0.05) is 11.3 Å². The fourth-order valence-corrected chi connectivity index (χ4v) is 4.50. The Morgan fingerprint density at radius 3 is 2.30 bits per heavy atom. The molecular formula is C21H36O2. The maximum absolute atomic E-state index is 6.28. The Morgan fingerprint density at radius 1 is 1.09 bits per heavy atom. The summed E-state index contributed by atoms with van der Waals surface area (Å²) in [4.78, 5) is 0. The molecule has 2 nitrogen and oxygen atoms in total. The average Bonchev–Trinajstić information content (AvgIpc) is 2.78. The van der Waals surface area contributed by atoms with Gasteiger partial charge in [0.05, 0.1) is 6.61 Å². The number of ether oxygens (including phenoxy) is 2. The second kappa shape index (κ2) is 8.37. The molecule has 2 rings (SSSR count). The Labute approximate surface area is 143 Å². The lowest BCUT2D eigenvalue weighted by atomic mass is 9.67. The lowest BCUT2D eigenvalue weighted by Gasteiger charge is -2.42. The van der Waals surface area contributed by atoms with Gasteiger partial charge in [-0.25, -0.2) is 0 Å². The molecule has 0 N–H and O–H groups in total. The highest BCUT2D eigenvalue weighted by Crippen LogP contribution is 2.56.